The van der Waals surface area contributed by atoms with Crippen molar-refractivity contribution in [1.82, 2.24) is 5.32 Å². The van der Waals surface area contributed by atoms with Gasteiger partial charge in [0.15, 0.2) is 0 Å². The molecule has 0 saturated carbocycles. The van der Waals surface area contributed by atoms with E-state index in [9.17, 15) is 24.1 Å². The zero-order valence-electron chi connectivity index (χ0n) is 13.8. The molecule has 1 atom stereocenters. The predicted octanol–water partition coefficient (Wildman–Crippen LogP) is 1.57. The summed E-state index contributed by atoms with van der Waals surface area (Å²) in [6, 6.07) is 7.91. The SMILES string of the molecule is COc1ccc([N+](=O)[O-])cc1C[C@@H](NC(=O)c1ccccc1F)C(N)=O. The second kappa shape index (κ2) is 8.06. The number of hydrogen-bond donors (Lipinski definition) is 2. The van der Waals surface area contributed by atoms with Crippen LogP contribution in [-0.2, 0) is 11.2 Å². The standard InChI is InChI=1S/C17H16FN3O5/c1-26-15-7-6-11(21(24)25)8-10(15)9-14(16(19)22)20-17(23)12-4-2-3-5-13(12)18/h2-8,14H,9H2,1H3,(H2,19,22)(H,20,23)/t14-/m1/s1. The van der Waals surface area contributed by atoms with E-state index in [0.717, 1.165) is 6.07 Å². The van der Waals surface area contributed by atoms with Crippen LogP contribution in [0.1, 0.15) is 15.9 Å². The zero-order valence-corrected chi connectivity index (χ0v) is 13.8. The molecule has 136 valence electrons. The van der Waals surface area contributed by atoms with Crippen molar-refractivity contribution >= 4 is 17.5 Å². The van der Waals surface area contributed by atoms with E-state index in [1.807, 2.05) is 0 Å². The van der Waals surface area contributed by atoms with Gasteiger partial charge >= 0.3 is 0 Å². The molecule has 0 aliphatic carbocycles. The van der Waals surface area contributed by atoms with E-state index in [2.05, 4.69) is 5.32 Å². The number of ether oxygens (including phenoxy) is 1. The van der Waals surface area contributed by atoms with Crippen LogP contribution >= 0.6 is 0 Å². The van der Waals surface area contributed by atoms with Crippen LogP contribution in [0.3, 0.4) is 0 Å². The van der Waals surface area contributed by atoms with Crippen molar-refractivity contribution in [2.45, 2.75) is 12.5 Å². The van der Waals surface area contributed by atoms with Gasteiger partial charge in [-0.15, -0.1) is 0 Å². The Morgan fingerprint density at radius 2 is 2.00 bits per heavy atom. The first-order valence-electron chi connectivity index (χ1n) is 7.49. The lowest BCUT2D eigenvalue weighted by Crippen LogP contribution is -2.46. The molecule has 0 spiro atoms. The first kappa shape index (κ1) is 18.8. The van der Waals surface area contributed by atoms with Crippen molar-refractivity contribution in [1.29, 1.82) is 0 Å². The minimum absolute atomic E-state index is 0.152. The lowest BCUT2D eigenvalue weighted by molar-refractivity contribution is -0.384. The molecule has 0 heterocycles. The molecule has 0 aromatic heterocycles. The summed E-state index contributed by atoms with van der Waals surface area (Å²) in [5.41, 5.74) is 5.17. The number of methoxy groups -OCH3 is 1. The van der Waals surface area contributed by atoms with Crippen molar-refractivity contribution in [3.63, 3.8) is 0 Å². The van der Waals surface area contributed by atoms with E-state index in [4.69, 9.17) is 10.5 Å². The number of nitrogens with zero attached hydrogens (tertiary/aromatic N) is 1. The maximum Gasteiger partial charge on any atom is 0.269 e. The number of rotatable bonds is 7. The minimum atomic E-state index is -1.21. The molecule has 0 unspecified atom stereocenters. The fourth-order valence-electron chi connectivity index (χ4n) is 2.36. The number of nitro groups is 1. The van der Waals surface area contributed by atoms with Gasteiger partial charge in [0.25, 0.3) is 11.6 Å². The van der Waals surface area contributed by atoms with E-state index >= 15 is 0 Å². The molecular formula is C17H16FN3O5. The quantitative estimate of drug-likeness (QED) is 0.572. The third-order valence-electron chi connectivity index (χ3n) is 3.67. The van der Waals surface area contributed by atoms with E-state index in [-0.39, 0.29) is 17.7 Å². The van der Waals surface area contributed by atoms with Gasteiger partial charge < -0.3 is 15.8 Å². The van der Waals surface area contributed by atoms with Gasteiger partial charge in [-0.2, -0.15) is 0 Å². The number of nitrogens with two attached hydrogens (primary N) is 1. The first-order valence-corrected chi connectivity index (χ1v) is 7.49. The average molecular weight is 361 g/mol. The fraction of sp³-hybridized carbons (Fsp3) is 0.176. The number of carbonyl (C=O) groups is 2. The molecule has 0 aliphatic heterocycles. The summed E-state index contributed by atoms with van der Waals surface area (Å²) in [7, 11) is 1.36. The largest absolute Gasteiger partial charge is 0.496 e. The van der Waals surface area contributed by atoms with Crippen LogP contribution in [0.5, 0.6) is 5.75 Å². The number of carbonyl (C=O) groups excluding carboxylic acids is 2. The molecule has 0 saturated heterocycles. The number of hydrogen-bond acceptors (Lipinski definition) is 5. The Kier molecular flexibility index (Phi) is 5.84. The molecule has 0 radical (unpaired) electrons. The van der Waals surface area contributed by atoms with E-state index < -0.39 is 28.6 Å². The highest BCUT2D eigenvalue weighted by Crippen LogP contribution is 2.25. The summed E-state index contributed by atoms with van der Waals surface area (Å²) in [6.07, 6.45) is -0.152. The van der Waals surface area contributed by atoms with Gasteiger partial charge in [-0.05, 0) is 18.2 Å². The van der Waals surface area contributed by atoms with Crippen LogP contribution in [0, 0.1) is 15.9 Å². The second-order valence-corrected chi connectivity index (χ2v) is 5.37. The Balaban J connectivity index is 2.27. The number of nitrogens with one attached hydrogen (secondary N) is 1. The van der Waals surface area contributed by atoms with Crippen LogP contribution in [0.4, 0.5) is 10.1 Å². The number of primary amides is 1. The van der Waals surface area contributed by atoms with Gasteiger partial charge in [-0.1, -0.05) is 12.1 Å². The van der Waals surface area contributed by atoms with Crippen LogP contribution in [0.2, 0.25) is 0 Å². The predicted molar refractivity (Wildman–Crippen MR) is 90.2 cm³/mol. The normalized spacial score (nSPS) is 11.5. The van der Waals surface area contributed by atoms with Gasteiger partial charge in [-0.25, -0.2) is 4.39 Å². The summed E-state index contributed by atoms with van der Waals surface area (Å²) in [6.45, 7) is 0. The number of amides is 2. The molecule has 26 heavy (non-hydrogen) atoms. The average Bonchev–Trinajstić information content (AvgIpc) is 2.61. The van der Waals surface area contributed by atoms with Gasteiger partial charge in [0.1, 0.15) is 17.6 Å². The number of nitro benzene ring substituents is 1. The van der Waals surface area contributed by atoms with Gasteiger partial charge in [0, 0.05) is 24.1 Å². The van der Waals surface area contributed by atoms with Crippen molar-refractivity contribution < 1.29 is 23.6 Å². The van der Waals surface area contributed by atoms with E-state index in [1.165, 1.54) is 43.5 Å². The summed E-state index contributed by atoms with van der Waals surface area (Å²) in [5.74, 6) is -2.15. The molecule has 2 aromatic rings. The molecule has 2 rings (SSSR count). The highest BCUT2D eigenvalue weighted by atomic mass is 19.1. The fourth-order valence-corrected chi connectivity index (χ4v) is 2.36. The van der Waals surface area contributed by atoms with Crippen LogP contribution in [0.15, 0.2) is 42.5 Å². The molecule has 8 nitrogen and oxygen atoms in total. The Bertz CT molecular complexity index is 856. The van der Waals surface area contributed by atoms with E-state index in [0.29, 0.717) is 11.3 Å². The molecular weight excluding hydrogens is 345 g/mol. The molecule has 0 aliphatic rings. The van der Waals surface area contributed by atoms with Crippen molar-refractivity contribution in [2.75, 3.05) is 7.11 Å². The Morgan fingerprint density at radius 1 is 1.31 bits per heavy atom. The highest BCUT2D eigenvalue weighted by molar-refractivity contribution is 5.97. The number of non-ortho nitro benzene ring substituents is 1. The lowest BCUT2D eigenvalue weighted by atomic mass is 10.0. The molecule has 0 bridgehead atoms. The lowest BCUT2D eigenvalue weighted by Gasteiger charge is -2.17. The van der Waals surface area contributed by atoms with Crippen LogP contribution in [-0.4, -0.2) is 29.9 Å². The summed E-state index contributed by atoms with van der Waals surface area (Å²) in [5, 5.41) is 13.3. The van der Waals surface area contributed by atoms with Crippen molar-refractivity contribution in [3.05, 3.63) is 69.5 Å². The molecule has 2 aromatic carbocycles. The van der Waals surface area contributed by atoms with Crippen molar-refractivity contribution in [2.24, 2.45) is 5.73 Å². The summed E-state index contributed by atoms with van der Waals surface area (Å²) in [4.78, 5) is 34.3. The number of benzene rings is 2. The van der Waals surface area contributed by atoms with Gasteiger partial charge in [0.05, 0.1) is 17.6 Å². The molecule has 0 fully saturated rings. The maximum atomic E-state index is 13.7. The Hall–Kier alpha value is -3.49. The van der Waals surface area contributed by atoms with Crippen molar-refractivity contribution in [3.8, 4) is 5.75 Å². The van der Waals surface area contributed by atoms with E-state index in [1.54, 1.807) is 0 Å². The molecule has 2 amide bonds. The zero-order chi connectivity index (χ0) is 19.3. The van der Waals surface area contributed by atoms with Crippen LogP contribution in [0.25, 0.3) is 0 Å². The summed E-state index contributed by atoms with van der Waals surface area (Å²) >= 11 is 0. The Labute approximate surface area is 147 Å². The third-order valence-corrected chi connectivity index (χ3v) is 3.67. The smallest absolute Gasteiger partial charge is 0.269 e. The Morgan fingerprint density at radius 3 is 2.58 bits per heavy atom. The third kappa shape index (κ3) is 4.32. The monoisotopic (exact) mass is 361 g/mol. The maximum absolute atomic E-state index is 13.7. The van der Waals surface area contributed by atoms with Gasteiger partial charge in [-0.3, -0.25) is 19.7 Å². The minimum Gasteiger partial charge on any atom is -0.496 e. The molecule has 9 heteroatoms. The topological polar surface area (TPSA) is 125 Å². The molecule has 3 N–H and O–H groups in total. The second-order valence-electron chi connectivity index (χ2n) is 5.37. The summed E-state index contributed by atoms with van der Waals surface area (Å²) < 4.78 is 18.8. The highest BCUT2D eigenvalue weighted by Gasteiger charge is 2.23. The van der Waals surface area contributed by atoms with Crippen LogP contribution < -0.4 is 15.8 Å². The first-order chi connectivity index (χ1) is 12.3. The number of halogens is 1. The van der Waals surface area contributed by atoms with Gasteiger partial charge in [0.2, 0.25) is 5.91 Å².